The van der Waals surface area contributed by atoms with E-state index >= 15 is 0 Å². The standard InChI is InChI=1S/C21H21N5O2/c1-25-12-14(11-23-25)19-10-18(21(22)27)17-9-13-8-15(26-4-6-28-7-5-26)2-3-16(13)20(17)24-19/h2-3,8,10-12H,4-7,9H2,1H3,(H2,22,27). The number of carbonyl (C=O) groups is 1. The number of benzene rings is 1. The smallest absolute Gasteiger partial charge is 0.249 e. The molecule has 28 heavy (non-hydrogen) atoms. The molecule has 0 saturated carbocycles. The predicted octanol–water partition coefficient (Wildman–Crippen LogP) is 1.99. The van der Waals surface area contributed by atoms with Gasteiger partial charge in [-0.05, 0) is 29.3 Å². The molecule has 0 radical (unpaired) electrons. The van der Waals surface area contributed by atoms with Crippen LogP contribution in [0.15, 0.2) is 36.7 Å². The van der Waals surface area contributed by atoms with Gasteiger partial charge in [0.2, 0.25) is 5.91 Å². The van der Waals surface area contributed by atoms with E-state index < -0.39 is 5.91 Å². The first-order valence-electron chi connectivity index (χ1n) is 9.39. The van der Waals surface area contributed by atoms with Gasteiger partial charge in [-0.1, -0.05) is 6.07 Å². The molecule has 7 nitrogen and oxygen atoms in total. The molecule has 2 aromatic heterocycles. The number of carbonyl (C=O) groups excluding carboxylic acids is 1. The molecule has 7 heteroatoms. The van der Waals surface area contributed by atoms with E-state index in [9.17, 15) is 4.79 Å². The van der Waals surface area contributed by atoms with Gasteiger partial charge in [0.25, 0.3) is 0 Å². The van der Waals surface area contributed by atoms with Crippen molar-refractivity contribution in [2.45, 2.75) is 6.42 Å². The van der Waals surface area contributed by atoms with Crippen LogP contribution in [-0.4, -0.2) is 47.0 Å². The second-order valence-corrected chi connectivity index (χ2v) is 7.27. The maximum Gasteiger partial charge on any atom is 0.249 e. The lowest BCUT2D eigenvalue weighted by Gasteiger charge is -2.29. The number of amides is 1. The minimum Gasteiger partial charge on any atom is -0.378 e. The Morgan fingerprint density at radius 2 is 2.04 bits per heavy atom. The zero-order valence-electron chi connectivity index (χ0n) is 15.7. The van der Waals surface area contributed by atoms with Gasteiger partial charge >= 0.3 is 0 Å². The van der Waals surface area contributed by atoms with E-state index in [0.717, 1.165) is 48.7 Å². The first-order chi connectivity index (χ1) is 13.6. The lowest BCUT2D eigenvalue weighted by Crippen LogP contribution is -2.36. The molecule has 1 aliphatic carbocycles. The van der Waals surface area contributed by atoms with E-state index in [1.54, 1.807) is 16.9 Å². The molecule has 0 unspecified atom stereocenters. The lowest BCUT2D eigenvalue weighted by molar-refractivity contribution is 0.0999. The molecule has 142 valence electrons. The zero-order chi connectivity index (χ0) is 19.3. The third-order valence-corrected chi connectivity index (χ3v) is 5.48. The monoisotopic (exact) mass is 375 g/mol. The van der Waals surface area contributed by atoms with Gasteiger partial charge in [-0.15, -0.1) is 0 Å². The van der Waals surface area contributed by atoms with Gasteiger partial charge in [0.15, 0.2) is 0 Å². The molecule has 0 atom stereocenters. The van der Waals surface area contributed by atoms with E-state index in [-0.39, 0.29) is 0 Å². The molecule has 1 aromatic carbocycles. The molecule has 1 aliphatic heterocycles. The summed E-state index contributed by atoms with van der Waals surface area (Å²) < 4.78 is 7.17. The normalized spacial score (nSPS) is 15.4. The number of morpholine rings is 1. The van der Waals surface area contributed by atoms with Gasteiger partial charge in [-0.3, -0.25) is 9.48 Å². The summed E-state index contributed by atoms with van der Waals surface area (Å²) in [5.74, 6) is -0.426. The summed E-state index contributed by atoms with van der Waals surface area (Å²) >= 11 is 0. The van der Waals surface area contributed by atoms with Crippen LogP contribution < -0.4 is 10.6 Å². The quantitative estimate of drug-likeness (QED) is 0.592. The highest BCUT2D eigenvalue weighted by Crippen LogP contribution is 2.40. The van der Waals surface area contributed by atoms with Crippen molar-refractivity contribution in [1.29, 1.82) is 0 Å². The van der Waals surface area contributed by atoms with E-state index in [1.165, 1.54) is 11.3 Å². The molecule has 2 N–H and O–H groups in total. The molecule has 1 fully saturated rings. The average molecular weight is 375 g/mol. The third-order valence-electron chi connectivity index (χ3n) is 5.48. The van der Waals surface area contributed by atoms with Crippen LogP contribution in [0, 0.1) is 0 Å². The number of pyridine rings is 1. The van der Waals surface area contributed by atoms with Crippen molar-refractivity contribution in [2.24, 2.45) is 12.8 Å². The highest BCUT2D eigenvalue weighted by atomic mass is 16.5. The van der Waals surface area contributed by atoms with Crippen molar-refractivity contribution >= 4 is 11.6 Å². The molecule has 5 rings (SSSR count). The van der Waals surface area contributed by atoms with Crippen molar-refractivity contribution in [1.82, 2.24) is 14.8 Å². The molecule has 0 spiro atoms. The van der Waals surface area contributed by atoms with Gasteiger partial charge in [0.05, 0.1) is 30.8 Å². The van der Waals surface area contributed by atoms with Crippen molar-refractivity contribution < 1.29 is 9.53 Å². The first-order valence-corrected chi connectivity index (χ1v) is 9.39. The number of anilines is 1. The number of fused-ring (bicyclic) bond motifs is 3. The largest absolute Gasteiger partial charge is 0.378 e. The Kier molecular flexibility index (Phi) is 3.91. The van der Waals surface area contributed by atoms with Crippen LogP contribution in [0.25, 0.3) is 22.5 Å². The van der Waals surface area contributed by atoms with Crippen molar-refractivity contribution in [3.8, 4) is 22.5 Å². The molecular formula is C21H21N5O2. The lowest BCUT2D eigenvalue weighted by atomic mass is 10.0. The summed E-state index contributed by atoms with van der Waals surface area (Å²) in [6, 6.07) is 8.22. The van der Waals surface area contributed by atoms with Crippen LogP contribution >= 0.6 is 0 Å². The minimum atomic E-state index is -0.426. The van der Waals surface area contributed by atoms with Crippen LogP contribution in [-0.2, 0) is 18.2 Å². The van der Waals surface area contributed by atoms with Crippen LogP contribution in [0.5, 0.6) is 0 Å². The number of primary amides is 1. The fraction of sp³-hybridized carbons (Fsp3) is 0.286. The minimum absolute atomic E-state index is 0.426. The van der Waals surface area contributed by atoms with Gasteiger partial charge in [-0.2, -0.15) is 5.10 Å². The summed E-state index contributed by atoms with van der Waals surface area (Å²) in [5.41, 5.74) is 13.0. The fourth-order valence-corrected chi connectivity index (χ4v) is 4.06. The van der Waals surface area contributed by atoms with Gasteiger partial charge in [-0.25, -0.2) is 4.98 Å². The number of hydrogen-bond acceptors (Lipinski definition) is 5. The second kappa shape index (κ2) is 6.45. The van der Waals surface area contributed by atoms with Crippen molar-refractivity contribution in [3.05, 3.63) is 53.3 Å². The predicted molar refractivity (Wildman–Crippen MR) is 106 cm³/mol. The SMILES string of the molecule is Cn1cc(-c2cc(C(N)=O)c3c(n2)-c2ccc(N4CCOCC4)cc2C3)cn1. The highest BCUT2D eigenvalue weighted by Gasteiger charge is 2.27. The molecule has 1 saturated heterocycles. The molecule has 3 heterocycles. The molecule has 2 aliphatic rings. The molecule has 3 aromatic rings. The second-order valence-electron chi connectivity index (χ2n) is 7.27. The number of nitrogens with zero attached hydrogens (tertiary/aromatic N) is 4. The highest BCUT2D eigenvalue weighted by molar-refractivity contribution is 5.98. The van der Waals surface area contributed by atoms with Gasteiger partial charge < -0.3 is 15.4 Å². The Morgan fingerprint density at radius 3 is 2.75 bits per heavy atom. The van der Waals surface area contributed by atoms with Crippen LogP contribution in [0.4, 0.5) is 5.69 Å². The van der Waals surface area contributed by atoms with Crippen LogP contribution in [0.2, 0.25) is 0 Å². The van der Waals surface area contributed by atoms with E-state index in [2.05, 4.69) is 28.2 Å². The van der Waals surface area contributed by atoms with Crippen LogP contribution in [0.1, 0.15) is 21.5 Å². The van der Waals surface area contributed by atoms with Crippen molar-refractivity contribution in [3.63, 3.8) is 0 Å². The summed E-state index contributed by atoms with van der Waals surface area (Å²) in [6.07, 6.45) is 4.30. The maximum absolute atomic E-state index is 12.2. The Bertz CT molecular complexity index is 1080. The number of aryl methyl sites for hydroxylation is 1. The summed E-state index contributed by atoms with van der Waals surface area (Å²) in [6.45, 7) is 3.28. The molecular weight excluding hydrogens is 354 g/mol. The average Bonchev–Trinajstić information content (AvgIpc) is 3.30. The van der Waals surface area contributed by atoms with E-state index in [4.69, 9.17) is 15.5 Å². The number of ether oxygens (including phenoxy) is 1. The third kappa shape index (κ3) is 2.75. The maximum atomic E-state index is 12.2. The number of nitrogens with two attached hydrogens (primary N) is 1. The van der Waals surface area contributed by atoms with Gasteiger partial charge in [0.1, 0.15) is 0 Å². The number of aromatic nitrogens is 3. The summed E-state index contributed by atoms with van der Waals surface area (Å²) in [4.78, 5) is 19.4. The number of rotatable bonds is 3. The Balaban J connectivity index is 1.60. The van der Waals surface area contributed by atoms with Crippen molar-refractivity contribution in [2.75, 3.05) is 31.2 Å². The fourth-order valence-electron chi connectivity index (χ4n) is 4.06. The summed E-state index contributed by atoms with van der Waals surface area (Å²) in [5, 5.41) is 4.21. The summed E-state index contributed by atoms with van der Waals surface area (Å²) in [7, 11) is 1.86. The Labute approximate surface area is 162 Å². The molecule has 0 bridgehead atoms. The van der Waals surface area contributed by atoms with Crippen LogP contribution in [0.3, 0.4) is 0 Å². The molecule has 1 amide bonds. The topological polar surface area (TPSA) is 86.3 Å². The van der Waals surface area contributed by atoms with Gasteiger partial charge in [0, 0.05) is 55.1 Å². The van der Waals surface area contributed by atoms with E-state index in [0.29, 0.717) is 17.7 Å². The Morgan fingerprint density at radius 1 is 1.21 bits per heavy atom. The zero-order valence-corrected chi connectivity index (χ0v) is 15.7. The Hall–Kier alpha value is -3.19. The number of hydrogen-bond donors (Lipinski definition) is 1. The van der Waals surface area contributed by atoms with E-state index in [1.807, 2.05) is 13.2 Å². The first kappa shape index (κ1) is 16.9.